The monoisotopic (exact) mass is 415 g/mol. The molecule has 1 saturated carbocycles. The topological polar surface area (TPSA) is 34.4 Å². The largest absolute Gasteiger partial charge is 0.507 e. The van der Waals surface area contributed by atoms with Gasteiger partial charge in [-0.05, 0) is 31.0 Å². The lowest BCUT2D eigenvalue weighted by molar-refractivity contribution is -0.105. The van der Waals surface area contributed by atoms with Gasteiger partial charge < -0.3 is 14.4 Å². The maximum Gasteiger partial charge on any atom is 0.160 e. The Morgan fingerprint density at radius 2 is 1.70 bits per heavy atom. The Bertz CT molecular complexity index is 1160. The molecule has 0 unspecified atom stereocenters. The second-order valence-electron chi connectivity index (χ2n) is 9.20. The van der Waals surface area contributed by atoms with Crippen LogP contribution in [0.25, 0.3) is 16.6 Å². The molecule has 1 spiro atoms. The highest BCUT2D eigenvalue weighted by Gasteiger charge is 2.49. The van der Waals surface area contributed by atoms with Crippen molar-refractivity contribution in [2.75, 3.05) is 6.61 Å². The van der Waals surface area contributed by atoms with Crippen molar-refractivity contribution < 1.29 is 23.0 Å². The lowest BCUT2D eigenvalue weighted by atomic mass is 9.72. The van der Waals surface area contributed by atoms with Crippen LogP contribution >= 0.6 is 0 Å². The minimum Gasteiger partial charge on any atom is -0.507 e. The molecule has 5 rings (SSSR count). The molecular formula is C24H24F3NO2. The smallest absolute Gasteiger partial charge is 0.160 e. The number of benzene rings is 2. The molecule has 3 aromatic rings. The maximum atomic E-state index is 14.4. The summed E-state index contributed by atoms with van der Waals surface area (Å²) in [4.78, 5) is 0. The summed E-state index contributed by atoms with van der Waals surface area (Å²) in [5, 5.41) is 11.3. The Morgan fingerprint density at radius 1 is 0.967 bits per heavy atom. The molecule has 0 bridgehead atoms. The Kier molecular flexibility index (Phi) is 4.23. The predicted molar refractivity (Wildman–Crippen MR) is 109 cm³/mol. The van der Waals surface area contributed by atoms with Gasteiger partial charge >= 0.3 is 0 Å². The van der Waals surface area contributed by atoms with E-state index in [9.17, 15) is 18.3 Å². The SMILES string of the molecule is CC1(C)COC2(CCCCC2)c2c1n(-c1ccc(F)c(F)c1)c1cc(F)cc(O)c21. The van der Waals surface area contributed by atoms with Gasteiger partial charge in [-0.25, -0.2) is 13.2 Å². The van der Waals surface area contributed by atoms with Gasteiger partial charge in [0.05, 0.1) is 17.7 Å². The van der Waals surface area contributed by atoms with Crippen LogP contribution in [0.3, 0.4) is 0 Å². The Hall–Kier alpha value is -2.47. The van der Waals surface area contributed by atoms with Gasteiger partial charge in [-0.15, -0.1) is 0 Å². The summed E-state index contributed by atoms with van der Waals surface area (Å²) in [6.45, 7) is 4.48. The number of aromatic nitrogens is 1. The number of fused-ring (bicyclic) bond motifs is 4. The first-order valence-corrected chi connectivity index (χ1v) is 10.4. The van der Waals surface area contributed by atoms with Crippen LogP contribution in [0, 0.1) is 17.5 Å². The van der Waals surface area contributed by atoms with Crippen molar-refractivity contribution >= 4 is 10.9 Å². The first-order chi connectivity index (χ1) is 14.2. The number of rotatable bonds is 1. The van der Waals surface area contributed by atoms with Crippen LogP contribution in [0.2, 0.25) is 0 Å². The van der Waals surface area contributed by atoms with Gasteiger partial charge in [-0.3, -0.25) is 0 Å². The van der Waals surface area contributed by atoms with Crippen LogP contribution in [0.1, 0.15) is 57.2 Å². The number of halogens is 3. The van der Waals surface area contributed by atoms with Crippen LogP contribution < -0.4 is 0 Å². The van der Waals surface area contributed by atoms with Crippen molar-refractivity contribution in [3.63, 3.8) is 0 Å². The average Bonchev–Trinajstić information content (AvgIpc) is 3.06. The number of hydrogen-bond donors (Lipinski definition) is 1. The zero-order valence-corrected chi connectivity index (χ0v) is 17.1. The number of phenolic OH excluding ortho intramolecular Hbond substituents is 1. The molecule has 0 amide bonds. The number of nitrogens with zero attached hydrogens (tertiary/aromatic N) is 1. The normalized spacial score (nSPS) is 19.9. The standard InChI is InChI=1S/C24H24F3NO2/c1-23(2)13-30-24(8-4-3-5-9-24)21-20-18(10-14(25)11-19(20)29)28(22(21)23)15-6-7-16(26)17(27)12-15/h6-7,10-12,29H,3-5,8-9,13H2,1-2H3. The molecular weight excluding hydrogens is 391 g/mol. The van der Waals surface area contributed by atoms with Gasteiger partial charge in [0, 0.05) is 39.9 Å². The average molecular weight is 415 g/mol. The van der Waals surface area contributed by atoms with E-state index < -0.39 is 28.5 Å². The summed E-state index contributed by atoms with van der Waals surface area (Å²) in [7, 11) is 0. The second-order valence-corrected chi connectivity index (χ2v) is 9.20. The van der Waals surface area contributed by atoms with Gasteiger partial charge in [0.15, 0.2) is 11.6 Å². The lowest BCUT2D eigenvalue weighted by Crippen LogP contribution is -2.44. The van der Waals surface area contributed by atoms with Crippen LogP contribution in [0.15, 0.2) is 30.3 Å². The fourth-order valence-electron chi connectivity index (χ4n) is 5.31. The summed E-state index contributed by atoms with van der Waals surface area (Å²) in [6, 6.07) is 6.14. The summed E-state index contributed by atoms with van der Waals surface area (Å²) < 4.78 is 50.5. The fraction of sp³-hybridized carbons (Fsp3) is 0.417. The van der Waals surface area contributed by atoms with Crippen molar-refractivity contribution in [2.24, 2.45) is 0 Å². The molecule has 0 radical (unpaired) electrons. The van der Waals surface area contributed by atoms with Crippen molar-refractivity contribution in [3.05, 3.63) is 59.0 Å². The number of ether oxygens (including phenoxy) is 1. The van der Waals surface area contributed by atoms with Gasteiger partial charge in [-0.2, -0.15) is 0 Å². The third-order valence-corrected chi connectivity index (χ3v) is 6.64. The van der Waals surface area contributed by atoms with E-state index in [1.807, 2.05) is 13.8 Å². The highest BCUT2D eigenvalue weighted by Crippen LogP contribution is 2.54. The third kappa shape index (κ3) is 2.69. The molecule has 1 aromatic heterocycles. The predicted octanol–water partition coefficient (Wildman–Crippen LogP) is 6.22. The summed E-state index contributed by atoms with van der Waals surface area (Å²) in [5.74, 6) is -2.66. The molecule has 1 aliphatic heterocycles. The van der Waals surface area contributed by atoms with Gasteiger partial charge in [0.1, 0.15) is 11.6 Å². The molecule has 158 valence electrons. The van der Waals surface area contributed by atoms with E-state index in [1.54, 1.807) is 4.57 Å². The molecule has 2 aliphatic rings. The molecule has 30 heavy (non-hydrogen) atoms. The zero-order chi connectivity index (χ0) is 21.3. The highest BCUT2D eigenvalue weighted by atomic mass is 19.2. The Labute approximate surface area is 173 Å². The van der Waals surface area contributed by atoms with Gasteiger partial charge in [-0.1, -0.05) is 33.1 Å². The molecule has 1 fully saturated rings. The third-order valence-electron chi connectivity index (χ3n) is 6.64. The van der Waals surface area contributed by atoms with Crippen LogP contribution in [-0.4, -0.2) is 16.3 Å². The van der Waals surface area contributed by atoms with E-state index in [2.05, 4.69) is 0 Å². The summed E-state index contributed by atoms with van der Waals surface area (Å²) >= 11 is 0. The summed E-state index contributed by atoms with van der Waals surface area (Å²) in [5.41, 5.74) is 1.50. The van der Waals surface area contributed by atoms with Crippen LogP contribution in [0.5, 0.6) is 5.75 Å². The number of hydrogen-bond acceptors (Lipinski definition) is 2. The number of phenols is 1. The molecule has 2 heterocycles. The molecule has 1 aliphatic carbocycles. The molecule has 1 N–H and O–H groups in total. The van der Waals surface area contributed by atoms with Crippen molar-refractivity contribution in [1.29, 1.82) is 0 Å². The minimum atomic E-state index is -0.971. The quantitative estimate of drug-likeness (QED) is 0.512. The van der Waals surface area contributed by atoms with E-state index >= 15 is 0 Å². The van der Waals surface area contributed by atoms with Gasteiger partial charge in [0.2, 0.25) is 0 Å². The first-order valence-electron chi connectivity index (χ1n) is 10.4. The minimum absolute atomic E-state index is 0.158. The van der Waals surface area contributed by atoms with E-state index in [-0.39, 0.29) is 5.75 Å². The Balaban J connectivity index is 1.94. The van der Waals surface area contributed by atoms with Crippen LogP contribution in [-0.2, 0) is 15.8 Å². The number of aromatic hydroxyl groups is 1. The second kappa shape index (κ2) is 6.51. The first kappa shape index (κ1) is 19.5. The van der Waals surface area contributed by atoms with E-state index in [0.29, 0.717) is 23.2 Å². The van der Waals surface area contributed by atoms with Crippen molar-refractivity contribution in [2.45, 2.75) is 57.0 Å². The molecule has 3 nitrogen and oxygen atoms in total. The molecule has 0 atom stereocenters. The lowest BCUT2D eigenvalue weighted by Gasteiger charge is -2.46. The highest BCUT2D eigenvalue weighted by molar-refractivity contribution is 5.94. The molecule has 0 saturated heterocycles. The van der Waals surface area contributed by atoms with Crippen LogP contribution in [0.4, 0.5) is 13.2 Å². The fourth-order valence-corrected chi connectivity index (χ4v) is 5.31. The van der Waals surface area contributed by atoms with E-state index in [4.69, 9.17) is 4.74 Å². The summed E-state index contributed by atoms with van der Waals surface area (Å²) in [6.07, 6.45) is 4.74. The van der Waals surface area contributed by atoms with E-state index in [0.717, 1.165) is 61.6 Å². The zero-order valence-electron chi connectivity index (χ0n) is 17.1. The molecule has 2 aromatic carbocycles. The molecule has 6 heteroatoms. The van der Waals surface area contributed by atoms with Crippen molar-refractivity contribution in [3.8, 4) is 11.4 Å². The maximum absolute atomic E-state index is 14.4. The Morgan fingerprint density at radius 3 is 2.40 bits per heavy atom. The van der Waals surface area contributed by atoms with Crippen molar-refractivity contribution in [1.82, 2.24) is 4.57 Å². The van der Waals surface area contributed by atoms with E-state index in [1.165, 1.54) is 12.1 Å². The van der Waals surface area contributed by atoms with Gasteiger partial charge in [0.25, 0.3) is 0 Å².